The standard InChI is InChI=1S/C11H5ClFN3O2/c12-9-10(17)15-5-16-11(9)18-8-3-1-2-7(13)6(8)4-14/h1-3,5H,(H,15,16,17). The van der Waals surface area contributed by atoms with Crippen molar-refractivity contribution in [3.63, 3.8) is 0 Å². The van der Waals surface area contributed by atoms with Crippen molar-refractivity contribution in [1.29, 1.82) is 5.26 Å². The van der Waals surface area contributed by atoms with Crippen LogP contribution in [0.3, 0.4) is 0 Å². The Kier molecular flexibility index (Phi) is 3.26. The number of halogens is 2. The summed E-state index contributed by atoms with van der Waals surface area (Å²) in [7, 11) is 0. The van der Waals surface area contributed by atoms with Crippen LogP contribution >= 0.6 is 11.6 Å². The molecule has 0 saturated carbocycles. The second-order valence-corrected chi connectivity index (χ2v) is 3.56. The number of nitrogens with zero attached hydrogens (tertiary/aromatic N) is 2. The molecule has 0 aliphatic rings. The molecule has 1 heterocycles. The molecular formula is C11H5ClFN3O2. The van der Waals surface area contributed by atoms with Gasteiger partial charge in [0.25, 0.3) is 5.56 Å². The third-order valence-electron chi connectivity index (χ3n) is 2.06. The molecule has 1 aromatic heterocycles. The second kappa shape index (κ2) is 4.85. The quantitative estimate of drug-likeness (QED) is 0.903. The van der Waals surface area contributed by atoms with E-state index in [4.69, 9.17) is 21.6 Å². The fraction of sp³-hybridized carbons (Fsp3) is 0. The van der Waals surface area contributed by atoms with E-state index in [9.17, 15) is 9.18 Å². The van der Waals surface area contributed by atoms with Crippen LogP contribution in [-0.4, -0.2) is 9.97 Å². The number of aromatic nitrogens is 2. The zero-order valence-corrected chi connectivity index (χ0v) is 9.53. The van der Waals surface area contributed by atoms with Gasteiger partial charge in [0, 0.05) is 0 Å². The van der Waals surface area contributed by atoms with E-state index >= 15 is 0 Å². The fourth-order valence-corrected chi connectivity index (χ4v) is 1.38. The van der Waals surface area contributed by atoms with Crippen molar-refractivity contribution < 1.29 is 9.13 Å². The molecule has 0 aliphatic heterocycles. The zero-order chi connectivity index (χ0) is 13.1. The van der Waals surface area contributed by atoms with Crippen LogP contribution < -0.4 is 10.3 Å². The minimum Gasteiger partial charge on any atom is -0.436 e. The molecule has 0 atom stereocenters. The molecule has 0 aliphatic carbocycles. The molecule has 90 valence electrons. The van der Waals surface area contributed by atoms with Crippen LogP contribution in [0.5, 0.6) is 11.6 Å². The zero-order valence-electron chi connectivity index (χ0n) is 8.78. The molecule has 0 fully saturated rings. The van der Waals surface area contributed by atoms with Gasteiger partial charge in [-0.15, -0.1) is 0 Å². The average Bonchev–Trinajstić information content (AvgIpc) is 2.35. The number of hydrogen-bond acceptors (Lipinski definition) is 4. The number of benzene rings is 1. The molecule has 0 unspecified atom stereocenters. The molecule has 1 aromatic carbocycles. The maximum atomic E-state index is 13.3. The third-order valence-corrected chi connectivity index (χ3v) is 2.39. The molecule has 2 rings (SSSR count). The van der Waals surface area contributed by atoms with E-state index < -0.39 is 11.4 Å². The molecule has 18 heavy (non-hydrogen) atoms. The summed E-state index contributed by atoms with van der Waals surface area (Å²) in [4.78, 5) is 17.2. The molecule has 1 N–H and O–H groups in total. The van der Waals surface area contributed by atoms with Gasteiger partial charge in [0.2, 0.25) is 5.88 Å². The Hall–Kier alpha value is -2.39. The first-order valence-electron chi connectivity index (χ1n) is 4.73. The molecule has 2 aromatic rings. The van der Waals surface area contributed by atoms with Gasteiger partial charge in [0.15, 0.2) is 5.02 Å². The highest BCUT2D eigenvalue weighted by Crippen LogP contribution is 2.27. The monoisotopic (exact) mass is 265 g/mol. The van der Waals surface area contributed by atoms with Crippen LogP contribution in [0.1, 0.15) is 5.56 Å². The van der Waals surface area contributed by atoms with Gasteiger partial charge >= 0.3 is 0 Å². The van der Waals surface area contributed by atoms with Crippen molar-refractivity contribution in [2.24, 2.45) is 0 Å². The highest BCUT2D eigenvalue weighted by atomic mass is 35.5. The number of ether oxygens (including phenoxy) is 1. The minimum atomic E-state index is -0.726. The van der Waals surface area contributed by atoms with E-state index in [2.05, 4.69) is 9.97 Å². The van der Waals surface area contributed by atoms with E-state index in [1.807, 2.05) is 0 Å². The van der Waals surface area contributed by atoms with E-state index in [0.717, 1.165) is 12.4 Å². The van der Waals surface area contributed by atoms with Gasteiger partial charge < -0.3 is 9.72 Å². The normalized spacial score (nSPS) is 9.83. The first-order valence-corrected chi connectivity index (χ1v) is 5.11. The van der Waals surface area contributed by atoms with Crippen LogP contribution in [-0.2, 0) is 0 Å². The molecule has 0 saturated heterocycles. The summed E-state index contributed by atoms with van der Waals surface area (Å²) in [6.07, 6.45) is 1.09. The number of nitrogens with one attached hydrogen (secondary N) is 1. The van der Waals surface area contributed by atoms with Crippen LogP contribution in [0.2, 0.25) is 5.02 Å². The van der Waals surface area contributed by atoms with Crippen LogP contribution in [0, 0.1) is 17.1 Å². The SMILES string of the molecule is N#Cc1c(F)cccc1Oc1nc[nH]c(=O)c1Cl. The third kappa shape index (κ3) is 2.17. The summed E-state index contributed by atoms with van der Waals surface area (Å²) < 4.78 is 18.5. The largest absolute Gasteiger partial charge is 0.436 e. The lowest BCUT2D eigenvalue weighted by Crippen LogP contribution is -2.08. The summed E-state index contributed by atoms with van der Waals surface area (Å²) in [6, 6.07) is 5.53. The first-order chi connectivity index (χ1) is 8.63. The van der Waals surface area contributed by atoms with E-state index in [1.54, 1.807) is 6.07 Å². The van der Waals surface area contributed by atoms with Gasteiger partial charge in [-0.2, -0.15) is 5.26 Å². The van der Waals surface area contributed by atoms with Crippen LogP contribution in [0.15, 0.2) is 29.3 Å². The summed E-state index contributed by atoms with van der Waals surface area (Å²) in [5.41, 5.74) is -0.868. The average molecular weight is 266 g/mol. The lowest BCUT2D eigenvalue weighted by molar-refractivity contribution is 0.454. The Labute approximate surface area is 105 Å². The molecular weight excluding hydrogens is 261 g/mol. The number of rotatable bonds is 2. The second-order valence-electron chi connectivity index (χ2n) is 3.18. The Morgan fingerprint density at radius 2 is 2.28 bits per heavy atom. The summed E-state index contributed by atoms with van der Waals surface area (Å²) >= 11 is 5.67. The van der Waals surface area contributed by atoms with Crippen molar-refractivity contribution in [2.45, 2.75) is 0 Å². The molecule has 0 bridgehead atoms. The number of aromatic amines is 1. The molecule has 0 amide bonds. The van der Waals surface area contributed by atoms with Crippen molar-refractivity contribution in [2.75, 3.05) is 0 Å². The van der Waals surface area contributed by atoms with Crippen molar-refractivity contribution in [3.8, 4) is 17.7 Å². The molecule has 0 radical (unpaired) electrons. The summed E-state index contributed by atoms with van der Waals surface area (Å²) in [6.45, 7) is 0. The number of hydrogen-bond donors (Lipinski definition) is 1. The first kappa shape index (κ1) is 12.1. The lowest BCUT2D eigenvalue weighted by Gasteiger charge is -2.07. The Bertz CT molecular complexity index is 693. The smallest absolute Gasteiger partial charge is 0.273 e. The van der Waals surface area contributed by atoms with Gasteiger partial charge in [0.05, 0.1) is 6.33 Å². The molecule has 5 nitrogen and oxygen atoms in total. The van der Waals surface area contributed by atoms with Crippen LogP contribution in [0.4, 0.5) is 4.39 Å². The summed E-state index contributed by atoms with van der Waals surface area (Å²) in [5.74, 6) is -0.976. The molecule has 7 heteroatoms. The Morgan fingerprint density at radius 1 is 1.50 bits per heavy atom. The highest BCUT2D eigenvalue weighted by molar-refractivity contribution is 6.31. The predicted molar refractivity (Wildman–Crippen MR) is 61.1 cm³/mol. The highest BCUT2D eigenvalue weighted by Gasteiger charge is 2.13. The number of H-pyrrole nitrogens is 1. The van der Waals surface area contributed by atoms with E-state index in [-0.39, 0.29) is 22.2 Å². The summed E-state index contributed by atoms with van der Waals surface area (Å²) in [5, 5.41) is 8.54. The minimum absolute atomic E-state index is 0.0579. The predicted octanol–water partition coefficient (Wildman–Crippen LogP) is 2.23. The van der Waals surface area contributed by atoms with Crippen LogP contribution in [0.25, 0.3) is 0 Å². The number of nitriles is 1. The van der Waals surface area contributed by atoms with Gasteiger partial charge in [0.1, 0.15) is 23.2 Å². The van der Waals surface area contributed by atoms with E-state index in [1.165, 1.54) is 12.1 Å². The van der Waals surface area contributed by atoms with Gasteiger partial charge in [-0.3, -0.25) is 4.79 Å². The Balaban J connectivity index is 2.47. The molecule has 0 spiro atoms. The van der Waals surface area contributed by atoms with Gasteiger partial charge in [-0.1, -0.05) is 17.7 Å². The van der Waals surface area contributed by atoms with Crippen molar-refractivity contribution in [1.82, 2.24) is 9.97 Å². The Morgan fingerprint density at radius 3 is 3.00 bits per heavy atom. The topological polar surface area (TPSA) is 78.8 Å². The maximum Gasteiger partial charge on any atom is 0.273 e. The van der Waals surface area contributed by atoms with Crippen molar-refractivity contribution >= 4 is 11.6 Å². The van der Waals surface area contributed by atoms with Gasteiger partial charge in [-0.05, 0) is 12.1 Å². The maximum absolute atomic E-state index is 13.3. The van der Waals surface area contributed by atoms with Crippen molar-refractivity contribution in [3.05, 3.63) is 51.3 Å². The lowest BCUT2D eigenvalue weighted by atomic mass is 10.2. The van der Waals surface area contributed by atoms with Gasteiger partial charge in [-0.25, -0.2) is 9.37 Å². The fourth-order valence-electron chi connectivity index (χ4n) is 1.24. The van der Waals surface area contributed by atoms with E-state index in [0.29, 0.717) is 0 Å².